The molecule has 0 saturated heterocycles. The van der Waals surface area contributed by atoms with Gasteiger partial charge in [0.15, 0.2) is 9.03 Å². The molecule has 5 nitrogen and oxygen atoms in total. The van der Waals surface area contributed by atoms with E-state index in [1.807, 2.05) is 13.8 Å². The SMILES string of the molecule is CCOPOCC.CCOS(C)(=O)=O. The summed E-state index contributed by atoms with van der Waals surface area (Å²) in [7, 11) is -2.94. The van der Waals surface area contributed by atoms with E-state index in [0.717, 1.165) is 19.5 Å². The summed E-state index contributed by atoms with van der Waals surface area (Å²) in [5.41, 5.74) is 0. The van der Waals surface area contributed by atoms with Gasteiger partial charge in [0, 0.05) is 0 Å². The molecule has 0 aliphatic rings. The van der Waals surface area contributed by atoms with Crippen molar-refractivity contribution in [3.8, 4) is 0 Å². The molecule has 0 aliphatic heterocycles. The van der Waals surface area contributed by atoms with E-state index in [4.69, 9.17) is 9.05 Å². The average Bonchev–Trinajstić information content (AvgIpc) is 2.04. The highest BCUT2D eigenvalue weighted by atomic mass is 32.2. The van der Waals surface area contributed by atoms with Crippen LogP contribution in [0.3, 0.4) is 0 Å². The average molecular weight is 246 g/mol. The van der Waals surface area contributed by atoms with Crippen LogP contribution in [0.4, 0.5) is 0 Å². The van der Waals surface area contributed by atoms with Crippen LogP contribution in [0.25, 0.3) is 0 Å². The lowest BCUT2D eigenvalue weighted by Gasteiger charge is -1.96. The second-order valence-corrected chi connectivity index (χ2v) is 4.45. The molecule has 0 fully saturated rings. The second-order valence-electron chi connectivity index (χ2n) is 2.06. The van der Waals surface area contributed by atoms with Crippen LogP contribution in [0, 0.1) is 0 Å². The molecule has 0 spiro atoms. The Bertz CT molecular complexity index is 188. The van der Waals surface area contributed by atoms with Crippen LogP contribution < -0.4 is 0 Å². The van der Waals surface area contributed by atoms with Gasteiger partial charge in [0.1, 0.15) is 0 Å². The Morgan fingerprint density at radius 2 is 1.43 bits per heavy atom. The van der Waals surface area contributed by atoms with Crippen LogP contribution in [0.2, 0.25) is 0 Å². The summed E-state index contributed by atoms with van der Waals surface area (Å²) in [6.07, 6.45) is 1.02. The molecule has 0 radical (unpaired) electrons. The summed E-state index contributed by atoms with van der Waals surface area (Å²) in [5.74, 6) is 0. The lowest BCUT2D eigenvalue weighted by atomic mass is 10.9. The fraction of sp³-hybridized carbons (Fsp3) is 1.00. The molecule has 0 aromatic heterocycles. The molecule has 0 atom stereocenters. The summed E-state index contributed by atoms with van der Waals surface area (Å²) in [6.45, 7) is 7.24. The minimum atomic E-state index is -3.17. The van der Waals surface area contributed by atoms with Crippen molar-refractivity contribution in [3.05, 3.63) is 0 Å². The van der Waals surface area contributed by atoms with Crippen molar-refractivity contribution in [3.63, 3.8) is 0 Å². The van der Waals surface area contributed by atoms with Gasteiger partial charge in [-0.05, 0) is 20.8 Å². The minimum absolute atomic E-state index is 0.221. The number of hydrogen-bond acceptors (Lipinski definition) is 5. The summed E-state index contributed by atoms with van der Waals surface area (Å²) < 4.78 is 34.0. The van der Waals surface area contributed by atoms with E-state index in [1.165, 1.54) is 0 Å². The van der Waals surface area contributed by atoms with Crippen molar-refractivity contribution >= 4 is 19.2 Å². The van der Waals surface area contributed by atoms with Gasteiger partial charge in [-0.2, -0.15) is 8.42 Å². The Hall–Kier alpha value is 0.260. The standard InChI is InChI=1S/C4H11O2P.C3H8O3S/c1-3-5-7-6-4-2;1-3-6-7(2,4)5/h7H,3-4H2,1-2H3;3H2,1-2H3. The smallest absolute Gasteiger partial charge is 0.264 e. The fourth-order valence-corrected chi connectivity index (χ4v) is 1.12. The maximum atomic E-state index is 10.0. The van der Waals surface area contributed by atoms with E-state index < -0.39 is 10.1 Å². The molecule has 0 N–H and O–H groups in total. The zero-order chi connectivity index (χ0) is 11.4. The fourth-order valence-electron chi connectivity index (χ4n) is 0.374. The summed E-state index contributed by atoms with van der Waals surface area (Å²) in [5, 5.41) is 0. The zero-order valence-corrected chi connectivity index (χ0v) is 10.9. The van der Waals surface area contributed by atoms with E-state index in [9.17, 15) is 8.42 Å². The Morgan fingerprint density at radius 3 is 1.57 bits per heavy atom. The lowest BCUT2D eigenvalue weighted by Crippen LogP contribution is -2.00. The molecule has 0 aliphatic carbocycles. The number of hydrogen-bond donors (Lipinski definition) is 0. The third-order valence-corrected chi connectivity index (χ3v) is 2.22. The van der Waals surface area contributed by atoms with Crippen LogP contribution in [0.15, 0.2) is 0 Å². The molecule has 14 heavy (non-hydrogen) atoms. The molecular formula is C7H19O5PS. The lowest BCUT2D eigenvalue weighted by molar-refractivity contribution is 0.288. The highest BCUT2D eigenvalue weighted by Gasteiger charge is 1.94. The third kappa shape index (κ3) is 22.8. The molecule has 0 saturated carbocycles. The van der Waals surface area contributed by atoms with E-state index >= 15 is 0 Å². The topological polar surface area (TPSA) is 61.8 Å². The van der Waals surface area contributed by atoms with Gasteiger partial charge >= 0.3 is 0 Å². The highest BCUT2D eigenvalue weighted by Crippen LogP contribution is 2.10. The van der Waals surface area contributed by atoms with Gasteiger partial charge in [0.25, 0.3) is 10.1 Å². The molecule has 0 unspecified atom stereocenters. The predicted molar refractivity (Wildman–Crippen MR) is 58.0 cm³/mol. The first-order valence-electron chi connectivity index (χ1n) is 4.30. The third-order valence-electron chi connectivity index (χ3n) is 0.738. The highest BCUT2D eigenvalue weighted by molar-refractivity contribution is 7.85. The van der Waals surface area contributed by atoms with Crippen molar-refractivity contribution in [2.45, 2.75) is 20.8 Å². The summed E-state index contributed by atoms with van der Waals surface area (Å²) in [6, 6.07) is 0. The molecular weight excluding hydrogens is 227 g/mol. The minimum Gasteiger partial charge on any atom is -0.337 e. The molecule has 7 heteroatoms. The van der Waals surface area contributed by atoms with Crippen molar-refractivity contribution in [1.29, 1.82) is 0 Å². The van der Waals surface area contributed by atoms with Gasteiger partial charge < -0.3 is 9.05 Å². The van der Waals surface area contributed by atoms with Crippen LogP contribution >= 0.6 is 9.03 Å². The molecule has 0 aromatic carbocycles. The van der Waals surface area contributed by atoms with Crippen LogP contribution in [-0.2, 0) is 23.3 Å². The van der Waals surface area contributed by atoms with E-state index in [-0.39, 0.29) is 15.6 Å². The maximum absolute atomic E-state index is 10.0. The van der Waals surface area contributed by atoms with Crippen molar-refractivity contribution < 1.29 is 21.6 Å². The van der Waals surface area contributed by atoms with Crippen molar-refractivity contribution in [1.82, 2.24) is 0 Å². The molecule has 0 heterocycles. The van der Waals surface area contributed by atoms with Crippen molar-refractivity contribution in [2.75, 3.05) is 26.1 Å². The second kappa shape index (κ2) is 11.3. The zero-order valence-electron chi connectivity index (χ0n) is 9.07. The number of rotatable bonds is 6. The Kier molecular flexibility index (Phi) is 13.5. The first kappa shape index (κ1) is 16.7. The van der Waals surface area contributed by atoms with Gasteiger partial charge in [0.05, 0.1) is 26.1 Å². The predicted octanol–water partition coefficient (Wildman–Crippen LogP) is 1.55. The van der Waals surface area contributed by atoms with Gasteiger partial charge in [-0.3, -0.25) is 4.18 Å². The Morgan fingerprint density at radius 1 is 1.00 bits per heavy atom. The summed E-state index contributed by atoms with van der Waals surface area (Å²) >= 11 is 0. The largest absolute Gasteiger partial charge is 0.337 e. The van der Waals surface area contributed by atoms with Gasteiger partial charge in [-0.15, -0.1) is 0 Å². The van der Waals surface area contributed by atoms with E-state index in [1.54, 1.807) is 6.92 Å². The van der Waals surface area contributed by atoms with Gasteiger partial charge in [0.2, 0.25) is 0 Å². The normalized spacial score (nSPS) is 10.6. The molecule has 0 rings (SSSR count). The molecule has 0 bridgehead atoms. The summed E-state index contributed by atoms with van der Waals surface area (Å²) in [4.78, 5) is 0. The molecule has 88 valence electrons. The quantitative estimate of drug-likeness (QED) is 0.404. The Labute approximate surface area is 88.2 Å². The van der Waals surface area contributed by atoms with E-state index in [2.05, 4.69) is 4.18 Å². The van der Waals surface area contributed by atoms with Gasteiger partial charge in [-0.25, -0.2) is 0 Å². The van der Waals surface area contributed by atoms with Crippen LogP contribution in [-0.4, -0.2) is 34.5 Å². The molecule has 0 aromatic rings. The van der Waals surface area contributed by atoms with Crippen LogP contribution in [0.5, 0.6) is 0 Å². The van der Waals surface area contributed by atoms with Crippen LogP contribution in [0.1, 0.15) is 20.8 Å². The van der Waals surface area contributed by atoms with E-state index in [0.29, 0.717) is 0 Å². The first-order chi connectivity index (χ1) is 6.47. The monoisotopic (exact) mass is 246 g/mol. The molecule has 0 amide bonds. The van der Waals surface area contributed by atoms with Gasteiger partial charge in [-0.1, -0.05) is 0 Å². The maximum Gasteiger partial charge on any atom is 0.264 e. The first-order valence-corrected chi connectivity index (χ1v) is 6.94. The Balaban J connectivity index is 0. The van der Waals surface area contributed by atoms with Crippen molar-refractivity contribution in [2.24, 2.45) is 0 Å².